The van der Waals surface area contributed by atoms with Crippen LogP contribution in [0.2, 0.25) is 0 Å². The maximum Gasteiger partial charge on any atom is 0.0945 e. The molecule has 0 spiro atoms. The minimum atomic E-state index is 0. The number of methoxy groups -OCH3 is 1. The van der Waals surface area contributed by atoms with Crippen molar-refractivity contribution in [1.29, 1.82) is 0 Å². The summed E-state index contributed by atoms with van der Waals surface area (Å²) in [5.41, 5.74) is 1.54. The number of hydrogen-bond acceptors (Lipinski definition) is 2. The SMILES string of the molecule is COC(CNCC(C)(C)C)c1ccccc1.Cl. The van der Waals surface area contributed by atoms with Gasteiger partial charge < -0.3 is 10.1 Å². The van der Waals surface area contributed by atoms with Gasteiger partial charge in [0.15, 0.2) is 0 Å². The summed E-state index contributed by atoms with van der Waals surface area (Å²) in [6.07, 6.45) is 0.142. The summed E-state index contributed by atoms with van der Waals surface area (Å²) >= 11 is 0. The van der Waals surface area contributed by atoms with Crippen LogP contribution in [-0.4, -0.2) is 20.2 Å². The van der Waals surface area contributed by atoms with E-state index in [1.54, 1.807) is 7.11 Å². The molecule has 1 N–H and O–H groups in total. The van der Waals surface area contributed by atoms with Gasteiger partial charge in [-0.2, -0.15) is 0 Å². The molecule has 0 bridgehead atoms. The van der Waals surface area contributed by atoms with Gasteiger partial charge in [-0.05, 0) is 11.0 Å². The molecule has 1 unspecified atom stereocenters. The van der Waals surface area contributed by atoms with Gasteiger partial charge in [0.1, 0.15) is 0 Å². The predicted molar refractivity (Wildman–Crippen MR) is 75.8 cm³/mol. The van der Waals surface area contributed by atoms with Crippen molar-refractivity contribution < 1.29 is 4.74 Å². The van der Waals surface area contributed by atoms with Gasteiger partial charge in [-0.15, -0.1) is 12.4 Å². The van der Waals surface area contributed by atoms with E-state index in [0.29, 0.717) is 5.41 Å². The summed E-state index contributed by atoms with van der Waals surface area (Å²) in [6.45, 7) is 8.54. The fourth-order valence-corrected chi connectivity index (χ4v) is 1.58. The van der Waals surface area contributed by atoms with Crippen LogP contribution in [0.3, 0.4) is 0 Å². The van der Waals surface area contributed by atoms with Gasteiger partial charge in [0.2, 0.25) is 0 Å². The molecule has 0 aliphatic heterocycles. The van der Waals surface area contributed by atoms with Crippen LogP contribution in [-0.2, 0) is 4.74 Å². The topological polar surface area (TPSA) is 21.3 Å². The highest BCUT2D eigenvalue weighted by Gasteiger charge is 2.13. The second-order valence-corrected chi connectivity index (χ2v) is 5.33. The Labute approximate surface area is 111 Å². The van der Waals surface area contributed by atoms with Crippen molar-refractivity contribution in [2.75, 3.05) is 20.2 Å². The Bertz CT molecular complexity index is 295. The van der Waals surface area contributed by atoms with Gasteiger partial charge in [-0.3, -0.25) is 0 Å². The van der Waals surface area contributed by atoms with Crippen molar-refractivity contribution in [2.45, 2.75) is 26.9 Å². The number of halogens is 1. The summed E-state index contributed by atoms with van der Waals surface area (Å²) in [7, 11) is 1.76. The molecule has 1 aromatic rings. The average molecular weight is 258 g/mol. The summed E-state index contributed by atoms with van der Waals surface area (Å²) in [5, 5.41) is 3.45. The predicted octanol–water partition coefficient (Wildman–Crippen LogP) is 3.43. The summed E-state index contributed by atoms with van der Waals surface area (Å²) in [4.78, 5) is 0. The van der Waals surface area contributed by atoms with Crippen LogP contribution in [0.15, 0.2) is 30.3 Å². The second kappa shape index (κ2) is 7.70. The van der Waals surface area contributed by atoms with Gasteiger partial charge in [-0.25, -0.2) is 0 Å². The second-order valence-electron chi connectivity index (χ2n) is 5.33. The van der Waals surface area contributed by atoms with Gasteiger partial charge >= 0.3 is 0 Å². The number of benzene rings is 1. The number of nitrogens with one attached hydrogen (secondary N) is 1. The van der Waals surface area contributed by atoms with Gasteiger partial charge in [0.25, 0.3) is 0 Å². The Morgan fingerprint density at radius 3 is 2.24 bits per heavy atom. The largest absolute Gasteiger partial charge is 0.375 e. The zero-order chi connectivity index (χ0) is 12.0. The zero-order valence-corrected chi connectivity index (χ0v) is 12.0. The van der Waals surface area contributed by atoms with E-state index in [1.807, 2.05) is 18.2 Å². The Hall–Kier alpha value is -0.570. The molecule has 1 aromatic carbocycles. The standard InChI is InChI=1S/C14H23NO.ClH/c1-14(2,3)11-15-10-13(16-4)12-8-6-5-7-9-12;/h5-9,13,15H,10-11H2,1-4H3;1H. The minimum Gasteiger partial charge on any atom is -0.375 e. The third kappa shape index (κ3) is 6.67. The van der Waals surface area contributed by atoms with E-state index in [1.165, 1.54) is 5.56 Å². The molecule has 0 amide bonds. The molecule has 3 heteroatoms. The fraction of sp³-hybridized carbons (Fsp3) is 0.571. The first-order valence-corrected chi connectivity index (χ1v) is 5.81. The highest BCUT2D eigenvalue weighted by Crippen LogP contribution is 2.16. The molecule has 0 saturated carbocycles. The van der Waals surface area contributed by atoms with Gasteiger partial charge in [-0.1, -0.05) is 51.1 Å². The van der Waals surface area contributed by atoms with Crippen molar-refractivity contribution >= 4 is 12.4 Å². The lowest BCUT2D eigenvalue weighted by Gasteiger charge is -2.22. The van der Waals surface area contributed by atoms with Crippen molar-refractivity contribution in [3.63, 3.8) is 0 Å². The van der Waals surface area contributed by atoms with Crippen LogP contribution in [0.25, 0.3) is 0 Å². The maximum atomic E-state index is 5.49. The molecule has 1 rings (SSSR count). The van der Waals surface area contributed by atoms with Crippen LogP contribution in [0.4, 0.5) is 0 Å². The van der Waals surface area contributed by atoms with E-state index in [4.69, 9.17) is 4.74 Å². The molecule has 2 nitrogen and oxygen atoms in total. The normalized spacial score (nSPS) is 12.9. The molecule has 98 valence electrons. The molecule has 0 saturated heterocycles. The first kappa shape index (κ1) is 16.4. The Morgan fingerprint density at radius 1 is 1.18 bits per heavy atom. The molecule has 17 heavy (non-hydrogen) atoms. The molecule has 0 heterocycles. The maximum absolute atomic E-state index is 5.49. The third-order valence-corrected chi connectivity index (χ3v) is 2.44. The molecule has 0 aromatic heterocycles. The summed E-state index contributed by atoms with van der Waals surface area (Å²) in [5.74, 6) is 0. The lowest BCUT2D eigenvalue weighted by Crippen LogP contribution is -2.31. The molecule has 0 radical (unpaired) electrons. The van der Waals surface area contributed by atoms with E-state index in [9.17, 15) is 0 Å². The van der Waals surface area contributed by atoms with Crippen LogP contribution in [0.5, 0.6) is 0 Å². The van der Waals surface area contributed by atoms with E-state index >= 15 is 0 Å². The highest BCUT2D eigenvalue weighted by molar-refractivity contribution is 5.85. The molecule has 0 aliphatic carbocycles. The monoisotopic (exact) mass is 257 g/mol. The quantitative estimate of drug-likeness (QED) is 0.873. The third-order valence-electron chi connectivity index (χ3n) is 2.44. The Morgan fingerprint density at radius 2 is 1.76 bits per heavy atom. The van der Waals surface area contributed by atoms with E-state index in [-0.39, 0.29) is 18.5 Å². The first-order valence-electron chi connectivity index (χ1n) is 5.81. The highest BCUT2D eigenvalue weighted by atomic mass is 35.5. The number of rotatable bonds is 5. The fourth-order valence-electron chi connectivity index (χ4n) is 1.58. The average Bonchev–Trinajstić information content (AvgIpc) is 2.24. The van der Waals surface area contributed by atoms with Crippen LogP contribution in [0.1, 0.15) is 32.4 Å². The van der Waals surface area contributed by atoms with Crippen LogP contribution in [0, 0.1) is 5.41 Å². The molecule has 0 fully saturated rings. The van der Waals surface area contributed by atoms with Crippen molar-refractivity contribution in [3.8, 4) is 0 Å². The summed E-state index contributed by atoms with van der Waals surface area (Å²) < 4.78 is 5.49. The number of ether oxygens (including phenoxy) is 1. The Kier molecular flexibility index (Phi) is 7.44. The molecule has 1 atom stereocenters. The lowest BCUT2D eigenvalue weighted by atomic mass is 9.97. The zero-order valence-electron chi connectivity index (χ0n) is 11.2. The first-order chi connectivity index (χ1) is 7.53. The minimum absolute atomic E-state index is 0. The van der Waals surface area contributed by atoms with Crippen molar-refractivity contribution in [2.24, 2.45) is 5.41 Å². The molecular weight excluding hydrogens is 234 g/mol. The van der Waals surface area contributed by atoms with Crippen molar-refractivity contribution in [3.05, 3.63) is 35.9 Å². The van der Waals surface area contributed by atoms with Crippen LogP contribution < -0.4 is 5.32 Å². The Balaban J connectivity index is 0.00000256. The van der Waals surface area contributed by atoms with Gasteiger partial charge in [0, 0.05) is 20.2 Å². The molecular formula is C14H24ClNO. The van der Waals surface area contributed by atoms with Crippen LogP contribution >= 0.6 is 12.4 Å². The van der Waals surface area contributed by atoms with Gasteiger partial charge in [0.05, 0.1) is 6.10 Å². The van der Waals surface area contributed by atoms with E-state index in [2.05, 4.69) is 38.2 Å². The van der Waals surface area contributed by atoms with E-state index < -0.39 is 0 Å². The summed E-state index contributed by atoms with van der Waals surface area (Å²) in [6, 6.07) is 10.3. The van der Waals surface area contributed by atoms with E-state index in [0.717, 1.165) is 13.1 Å². The smallest absolute Gasteiger partial charge is 0.0945 e. The lowest BCUT2D eigenvalue weighted by molar-refractivity contribution is 0.1000. The number of hydrogen-bond donors (Lipinski definition) is 1. The van der Waals surface area contributed by atoms with Crippen molar-refractivity contribution in [1.82, 2.24) is 5.32 Å². The molecule has 0 aliphatic rings.